The number of ether oxygens (including phenoxy) is 1. The molecule has 1 rings (SSSR count). The van der Waals surface area contributed by atoms with Crippen molar-refractivity contribution in [2.75, 3.05) is 6.61 Å². The number of hydrogen-bond acceptors (Lipinski definition) is 3. The van der Waals surface area contributed by atoms with E-state index >= 15 is 0 Å². The van der Waals surface area contributed by atoms with Crippen molar-refractivity contribution < 1.29 is 14.9 Å². The lowest BCUT2D eigenvalue weighted by atomic mass is 10.1. The van der Waals surface area contributed by atoms with Gasteiger partial charge in [0.15, 0.2) is 6.29 Å². The van der Waals surface area contributed by atoms with Crippen LogP contribution in [0, 0.1) is 0 Å². The summed E-state index contributed by atoms with van der Waals surface area (Å²) in [5.74, 6) is 0. The summed E-state index contributed by atoms with van der Waals surface area (Å²) >= 11 is 0. The number of aliphatic hydroxyl groups excluding tert-OH is 2. The van der Waals surface area contributed by atoms with Crippen LogP contribution >= 0.6 is 0 Å². The predicted molar refractivity (Wildman–Crippen MR) is 27.2 cm³/mol. The smallest absolute Gasteiger partial charge is 0.180 e. The minimum absolute atomic E-state index is 0.568. The molecule has 3 heteroatoms. The molecular formula is C5H10O3. The van der Waals surface area contributed by atoms with E-state index in [4.69, 9.17) is 14.9 Å². The molecule has 48 valence electrons. The van der Waals surface area contributed by atoms with Gasteiger partial charge in [0.1, 0.15) is 6.10 Å². The highest BCUT2D eigenvalue weighted by atomic mass is 16.6. The fourth-order valence-electron chi connectivity index (χ4n) is 0.750. The third kappa shape index (κ3) is 1.18. The van der Waals surface area contributed by atoms with E-state index in [-0.39, 0.29) is 0 Å². The van der Waals surface area contributed by atoms with Gasteiger partial charge in [-0.25, -0.2) is 0 Å². The maximum Gasteiger partial charge on any atom is 0.180 e. The summed E-state index contributed by atoms with van der Waals surface area (Å²) < 4.78 is 4.70. The SMILES string of the molecule is OC1CCCO[C@H]1O. The van der Waals surface area contributed by atoms with Gasteiger partial charge in [-0.3, -0.25) is 0 Å². The van der Waals surface area contributed by atoms with Gasteiger partial charge in [-0.2, -0.15) is 0 Å². The molecule has 1 aliphatic heterocycles. The maximum absolute atomic E-state index is 8.80. The van der Waals surface area contributed by atoms with Crippen molar-refractivity contribution in [1.82, 2.24) is 0 Å². The van der Waals surface area contributed by atoms with Crippen LogP contribution in [0.4, 0.5) is 0 Å². The Hall–Kier alpha value is -0.120. The molecule has 1 saturated heterocycles. The van der Waals surface area contributed by atoms with Gasteiger partial charge in [0.05, 0.1) is 0 Å². The molecule has 0 spiro atoms. The summed E-state index contributed by atoms with van der Waals surface area (Å²) in [6, 6.07) is 0. The Bertz CT molecular complexity index is 64.1. The predicted octanol–water partition coefficient (Wildman–Crippen LogP) is -0.524. The summed E-state index contributed by atoms with van der Waals surface area (Å²) in [5.41, 5.74) is 0. The Kier molecular flexibility index (Phi) is 1.83. The van der Waals surface area contributed by atoms with Crippen LogP contribution in [0.3, 0.4) is 0 Å². The molecule has 0 amide bonds. The first-order valence-corrected chi connectivity index (χ1v) is 2.78. The third-order valence-electron chi connectivity index (χ3n) is 1.26. The zero-order chi connectivity index (χ0) is 5.98. The third-order valence-corrected chi connectivity index (χ3v) is 1.26. The fraction of sp³-hybridized carbons (Fsp3) is 1.00. The van der Waals surface area contributed by atoms with Gasteiger partial charge < -0.3 is 14.9 Å². The van der Waals surface area contributed by atoms with Crippen LogP contribution in [0.5, 0.6) is 0 Å². The molecule has 0 bridgehead atoms. The lowest BCUT2D eigenvalue weighted by Gasteiger charge is -2.22. The minimum Gasteiger partial charge on any atom is -0.388 e. The van der Waals surface area contributed by atoms with Crippen LogP contribution in [-0.4, -0.2) is 29.2 Å². The lowest BCUT2D eigenvalue weighted by Crippen LogP contribution is -2.33. The van der Waals surface area contributed by atoms with E-state index in [1.54, 1.807) is 0 Å². The van der Waals surface area contributed by atoms with Gasteiger partial charge in [0, 0.05) is 6.61 Å². The molecule has 3 nitrogen and oxygen atoms in total. The molecule has 2 atom stereocenters. The van der Waals surface area contributed by atoms with Crippen molar-refractivity contribution in [3.8, 4) is 0 Å². The second kappa shape index (κ2) is 2.44. The summed E-state index contributed by atoms with van der Waals surface area (Å²) in [6.07, 6.45) is -0.105. The van der Waals surface area contributed by atoms with Crippen molar-refractivity contribution in [3.05, 3.63) is 0 Å². The highest BCUT2D eigenvalue weighted by molar-refractivity contribution is 4.62. The first-order chi connectivity index (χ1) is 3.80. The molecule has 1 heterocycles. The molecule has 1 aliphatic rings. The van der Waals surface area contributed by atoms with Gasteiger partial charge in [0.2, 0.25) is 0 Å². The van der Waals surface area contributed by atoms with Crippen LogP contribution in [-0.2, 0) is 4.74 Å². The molecule has 0 aromatic rings. The first-order valence-electron chi connectivity index (χ1n) is 2.78. The monoisotopic (exact) mass is 118 g/mol. The summed E-state index contributed by atoms with van der Waals surface area (Å²) in [5, 5.41) is 17.5. The Labute approximate surface area is 47.9 Å². The van der Waals surface area contributed by atoms with Crippen molar-refractivity contribution in [2.24, 2.45) is 0 Å². The molecule has 0 aromatic carbocycles. The molecule has 0 radical (unpaired) electrons. The Morgan fingerprint density at radius 2 is 2.12 bits per heavy atom. The van der Waals surface area contributed by atoms with Crippen LogP contribution in [0.15, 0.2) is 0 Å². The zero-order valence-corrected chi connectivity index (χ0v) is 4.58. The van der Waals surface area contributed by atoms with Crippen molar-refractivity contribution in [3.63, 3.8) is 0 Å². The quantitative estimate of drug-likeness (QED) is 0.450. The Morgan fingerprint density at radius 1 is 1.38 bits per heavy atom. The first kappa shape index (κ1) is 6.01. The summed E-state index contributed by atoms with van der Waals surface area (Å²) in [4.78, 5) is 0. The van der Waals surface area contributed by atoms with E-state index in [0.29, 0.717) is 13.0 Å². The number of hydrogen-bond donors (Lipinski definition) is 2. The van der Waals surface area contributed by atoms with E-state index in [9.17, 15) is 0 Å². The van der Waals surface area contributed by atoms with Crippen molar-refractivity contribution >= 4 is 0 Å². The molecule has 2 N–H and O–H groups in total. The van der Waals surface area contributed by atoms with Crippen molar-refractivity contribution in [1.29, 1.82) is 0 Å². The summed E-state index contributed by atoms with van der Waals surface area (Å²) in [6.45, 7) is 0.568. The maximum atomic E-state index is 8.80. The minimum atomic E-state index is -0.941. The van der Waals surface area contributed by atoms with Gasteiger partial charge in [-0.05, 0) is 12.8 Å². The topological polar surface area (TPSA) is 49.7 Å². The standard InChI is InChI=1S/C5H10O3/c6-4-2-1-3-8-5(4)7/h4-7H,1-3H2/t4?,5-/m1/s1. The second-order valence-corrected chi connectivity index (χ2v) is 1.97. The van der Waals surface area contributed by atoms with Crippen LogP contribution in [0.2, 0.25) is 0 Å². The number of aliphatic hydroxyl groups is 2. The normalized spacial score (nSPS) is 39.8. The molecule has 1 unspecified atom stereocenters. The Morgan fingerprint density at radius 3 is 2.50 bits per heavy atom. The van der Waals surface area contributed by atoms with E-state index in [2.05, 4.69) is 0 Å². The molecule has 0 aliphatic carbocycles. The lowest BCUT2D eigenvalue weighted by molar-refractivity contribution is -0.185. The average Bonchev–Trinajstić information content (AvgIpc) is 1.77. The second-order valence-electron chi connectivity index (χ2n) is 1.97. The van der Waals surface area contributed by atoms with Gasteiger partial charge >= 0.3 is 0 Å². The molecular weight excluding hydrogens is 108 g/mol. The van der Waals surface area contributed by atoms with Crippen LogP contribution in [0.25, 0.3) is 0 Å². The highest BCUT2D eigenvalue weighted by Gasteiger charge is 2.20. The molecule has 8 heavy (non-hydrogen) atoms. The zero-order valence-electron chi connectivity index (χ0n) is 4.58. The van der Waals surface area contributed by atoms with E-state index in [1.807, 2.05) is 0 Å². The van der Waals surface area contributed by atoms with Crippen LogP contribution in [0.1, 0.15) is 12.8 Å². The van der Waals surface area contributed by atoms with Gasteiger partial charge in [-0.1, -0.05) is 0 Å². The van der Waals surface area contributed by atoms with E-state index in [0.717, 1.165) is 6.42 Å². The van der Waals surface area contributed by atoms with Crippen LogP contribution < -0.4 is 0 Å². The molecule has 0 saturated carbocycles. The largest absolute Gasteiger partial charge is 0.388 e. The molecule has 1 fully saturated rings. The molecule has 0 aromatic heterocycles. The Balaban J connectivity index is 2.28. The average molecular weight is 118 g/mol. The van der Waals surface area contributed by atoms with Gasteiger partial charge in [0.25, 0.3) is 0 Å². The van der Waals surface area contributed by atoms with Gasteiger partial charge in [-0.15, -0.1) is 0 Å². The number of rotatable bonds is 0. The highest BCUT2D eigenvalue weighted by Crippen LogP contribution is 2.10. The van der Waals surface area contributed by atoms with E-state index in [1.165, 1.54) is 0 Å². The van der Waals surface area contributed by atoms with Crippen molar-refractivity contribution in [2.45, 2.75) is 25.2 Å². The fourth-order valence-corrected chi connectivity index (χ4v) is 0.750. The van der Waals surface area contributed by atoms with E-state index < -0.39 is 12.4 Å². The summed E-state index contributed by atoms with van der Waals surface area (Å²) in [7, 11) is 0.